The number of hydrazone groups is 1. The molecule has 0 spiro atoms. The molecule has 1 N–H and O–H groups in total. The minimum atomic E-state index is -0.137. The Bertz CT molecular complexity index is 280. The Labute approximate surface area is 81.5 Å². The number of amides is 1. The molecule has 1 heterocycles. The van der Waals surface area contributed by atoms with Crippen LogP contribution < -0.4 is 5.43 Å². The zero-order chi connectivity index (χ0) is 9.52. The summed E-state index contributed by atoms with van der Waals surface area (Å²) in [5.74, 6) is -0.137. The van der Waals surface area contributed by atoms with Crippen LogP contribution in [0.5, 0.6) is 0 Å². The van der Waals surface area contributed by atoms with E-state index < -0.39 is 0 Å². The summed E-state index contributed by atoms with van der Waals surface area (Å²) in [5.41, 5.74) is 2.46. The highest BCUT2D eigenvalue weighted by Gasteiger charge is 2.02. The lowest BCUT2D eigenvalue weighted by atomic mass is 10.4. The Morgan fingerprint density at radius 3 is 3.23 bits per heavy atom. The van der Waals surface area contributed by atoms with Crippen molar-refractivity contribution in [1.82, 2.24) is 5.43 Å². The first-order valence-electron chi connectivity index (χ1n) is 4.20. The standard InChI is InChI=1S/C9H12N2OS/c1-2-3-6-10-11-9(12)8-5-4-7-13-8/h4-7H,2-3H2,1H3,(H,11,12)/b10-6-. The number of nitrogens with zero attached hydrogens (tertiary/aromatic N) is 1. The third-order valence-electron chi connectivity index (χ3n) is 1.42. The van der Waals surface area contributed by atoms with Gasteiger partial charge in [-0.1, -0.05) is 19.4 Å². The van der Waals surface area contributed by atoms with Gasteiger partial charge < -0.3 is 0 Å². The third-order valence-corrected chi connectivity index (χ3v) is 2.29. The molecule has 0 atom stereocenters. The molecule has 0 fully saturated rings. The van der Waals surface area contributed by atoms with E-state index in [1.807, 2.05) is 11.4 Å². The van der Waals surface area contributed by atoms with Crippen molar-refractivity contribution in [2.75, 3.05) is 0 Å². The van der Waals surface area contributed by atoms with Gasteiger partial charge in [0.05, 0.1) is 4.88 Å². The Morgan fingerprint density at radius 2 is 2.62 bits per heavy atom. The fourth-order valence-electron chi connectivity index (χ4n) is 0.761. The molecule has 0 aromatic carbocycles. The van der Waals surface area contributed by atoms with Gasteiger partial charge in [0.25, 0.3) is 5.91 Å². The van der Waals surface area contributed by atoms with Gasteiger partial charge in [-0.25, -0.2) is 5.43 Å². The highest BCUT2D eigenvalue weighted by Crippen LogP contribution is 2.07. The first kappa shape index (κ1) is 9.92. The van der Waals surface area contributed by atoms with Gasteiger partial charge in [-0.2, -0.15) is 5.10 Å². The summed E-state index contributed by atoms with van der Waals surface area (Å²) in [6.45, 7) is 2.06. The molecule has 0 saturated carbocycles. The molecular weight excluding hydrogens is 184 g/mol. The van der Waals surface area contributed by atoms with Crippen molar-refractivity contribution in [2.24, 2.45) is 5.10 Å². The van der Waals surface area contributed by atoms with E-state index in [9.17, 15) is 4.79 Å². The van der Waals surface area contributed by atoms with Crippen molar-refractivity contribution in [2.45, 2.75) is 19.8 Å². The number of hydrogen-bond donors (Lipinski definition) is 1. The van der Waals surface area contributed by atoms with Crippen LogP contribution in [-0.4, -0.2) is 12.1 Å². The van der Waals surface area contributed by atoms with Gasteiger partial charge in [0, 0.05) is 6.21 Å². The fourth-order valence-corrected chi connectivity index (χ4v) is 1.37. The normalized spacial score (nSPS) is 10.5. The minimum Gasteiger partial charge on any atom is -0.266 e. The second-order valence-corrected chi connectivity index (χ2v) is 3.47. The maximum Gasteiger partial charge on any atom is 0.281 e. The average molecular weight is 196 g/mol. The molecule has 1 aromatic heterocycles. The highest BCUT2D eigenvalue weighted by molar-refractivity contribution is 7.12. The number of carbonyl (C=O) groups excluding carboxylic acids is 1. The SMILES string of the molecule is CCC/C=N\NC(=O)c1cccs1. The molecule has 0 aliphatic rings. The van der Waals surface area contributed by atoms with E-state index in [0.717, 1.165) is 12.8 Å². The van der Waals surface area contributed by atoms with Crippen molar-refractivity contribution in [1.29, 1.82) is 0 Å². The van der Waals surface area contributed by atoms with Gasteiger partial charge in [-0.15, -0.1) is 11.3 Å². The number of nitrogens with one attached hydrogen (secondary N) is 1. The number of unbranched alkanes of at least 4 members (excludes halogenated alkanes) is 1. The van der Waals surface area contributed by atoms with Gasteiger partial charge in [-0.05, 0) is 17.9 Å². The van der Waals surface area contributed by atoms with Crippen molar-refractivity contribution < 1.29 is 4.79 Å². The summed E-state index contributed by atoms with van der Waals surface area (Å²) < 4.78 is 0. The van der Waals surface area contributed by atoms with Gasteiger partial charge in [0.15, 0.2) is 0 Å². The van der Waals surface area contributed by atoms with Crippen LogP contribution in [0.4, 0.5) is 0 Å². The highest BCUT2D eigenvalue weighted by atomic mass is 32.1. The number of carbonyl (C=O) groups is 1. The second-order valence-electron chi connectivity index (χ2n) is 2.52. The molecule has 0 radical (unpaired) electrons. The summed E-state index contributed by atoms with van der Waals surface area (Å²) in [5, 5.41) is 5.66. The minimum absolute atomic E-state index is 0.137. The Balaban J connectivity index is 2.34. The van der Waals surface area contributed by atoms with Crippen LogP contribution >= 0.6 is 11.3 Å². The predicted octanol–water partition coefficient (Wildman–Crippen LogP) is 2.26. The number of thiophene rings is 1. The van der Waals surface area contributed by atoms with E-state index in [4.69, 9.17) is 0 Å². The lowest BCUT2D eigenvalue weighted by Gasteiger charge is -1.93. The van der Waals surface area contributed by atoms with Crippen LogP contribution in [0, 0.1) is 0 Å². The first-order chi connectivity index (χ1) is 6.34. The van der Waals surface area contributed by atoms with Crippen LogP contribution in [0.3, 0.4) is 0 Å². The fraction of sp³-hybridized carbons (Fsp3) is 0.333. The van der Waals surface area contributed by atoms with Gasteiger partial charge in [-0.3, -0.25) is 4.79 Å². The van der Waals surface area contributed by atoms with Gasteiger partial charge >= 0.3 is 0 Å². The van der Waals surface area contributed by atoms with Crippen LogP contribution in [0.2, 0.25) is 0 Å². The van der Waals surface area contributed by atoms with Crippen LogP contribution in [-0.2, 0) is 0 Å². The van der Waals surface area contributed by atoms with Crippen molar-refractivity contribution in [3.63, 3.8) is 0 Å². The summed E-state index contributed by atoms with van der Waals surface area (Å²) >= 11 is 1.41. The molecule has 0 saturated heterocycles. The van der Waals surface area contributed by atoms with Crippen LogP contribution in [0.15, 0.2) is 22.6 Å². The lowest BCUT2D eigenvalue weighted by molar-refractivity contribution is 0.0959. The number of hydrogen-bond acceptors (Lipinski definition) is 3. The summed E-state index contributed by atoms with van der Waals surface area (Å²) in [7, 11) is 0. The molecule has 0 unspecified atom stereocenters. The molecule has 0 bridgehead atoms. The molecule has 1 rings (SSSR count). The molecule has 1 aromatic rings. The maximum absolute atomic E-state index is 11.3. The van der Waals surface area contributed by atoms with E-state index in [0.29, 0.717) is 4.88 Å². The van der Waals surface area contributed by atoms with Crippen molar-refractivity contribution in [3.8, 4) is 0 Å². The molecule has 1 amide bonds. The largest absolute Gasteiger partial charge is 0.281 e. The summed E-state index contributed by atoms with van der Waals surface area (Å²) in [6, 6.07) is 3.62. The molecular formula is C9H12N2OS. The van der Waals surface area contributed by atoms with E-state index >= 15 is 0 Å². The zero-order valence-corrected chi connectivity index (χ0v) is 8.30. The van der Waals surface area contributed by atoms with Crippen LogP contribution in [0.1, 0.15) is 29.4 Å². The molecule has 0 aliphatic carbocycles. The molecule has 4 heteroatoms. The quantitative estimate of drug-likeness (QED) is 0.582. The predicted molar refractivity (Wildman–Crippen MR) is 55.2 cm³/mol. The zero-order valence-electron chi connectivity index (χ0n) is 7.49. The molecule has 13 heavy (non-hydrogen) atoms. The van der Waals surface area contributed by atoms with Crippen LogP contribution in [0.25, 0.3) is 0 Å². The van der Waals surface area contributed by atoms with Crippen molar-refractivity contribution in [3.05, 3.63) is 22.4 Å². The second kappa shape index (κ2) is 5.48. The van der Waals surface area contributed by atoms with E-state index in [1.54, 1.807) is 12.3 Å². The Hall–Kier alpha value is -1.16. The maximum atomic E-state index is 11.3. The van der Waals surface area contributed by atoms with Gasteiger partial charge in [0.1, 0.15) is 0 Å². The summed E-state index contributed by atoms with van der Waals surface area (Å²) in [6.07, 6.45) is 3.65. The smallest absolute Gasteiger partial charge is 0.266 e. The number of rotatable bonds is 4. The Kier molecular flexibility index (Phi) is 4.18. The van der Waals surface area contributed by atoms with E-state index in [-0.39, 0.29) is 5.91 Å². The third kappa shape index (κ3) is 3.38. The monoisotopic (exact) mass is 196 g/mol. The summed E-state index contributed by atoms with van der Waals surface area (Å²) in [4.78, 5) is 11.9. The van der Waals surface area contributed by atoms with E-state index in [2.05, 4.69) is 17.5 Å². The molecule has 3 nitrogen and oxygen atoms in total. The Morgan fingerprint density at radius 1 is 1.77 bits per heavy atom. The molecule has 0 aliphatic heterocycles. The topological polar surface area (TPSA) is 41.5 Å². The van der Waals surface area contributed by atoms with Crippen molar-refractivity contribution >= 4 is 23.5 Å². The molecule has 70 valence electrons. The first-order valence-corrected chi connectivity index (χ1v) is 5.08. The lowest BCUT2D eigenvalue weighted by Crippen LogP contribution is -2.15. The van der Waals surface area contributed by atoms with E-state index in [1.165, 1.54) is 11.3 Å². The van der Waals surface area contributed by atoms with Gasteiger partial charge in [0.2, 0.25) is 0 Å². The average Bonchev–Trinajstić information content (AvgIpc) is 2.65.